The highest BCUT2D eigenvalue weighted by molar-refractivity contribution is 6.30. The molecule has 7 heteroatoms. The van der Waals surface area contributed by atoms with Crippen molar-refractivity contribution in [1.29, 1.82) is 0 Å². The standard InChI is InChI=1S/C19H16ClN3O3/c1-23-11-18(26-12-13-3-2-4-14(20)9-13)17(24)10-16(23)19(25)22-15-5-7-21-8-6-15/h2-11H,12H2,1H3,(H,21,22,25). The zero-order valence-electron chi connectivity index (χ0n) is 14.0. The third-order valence-corrected chi connectivity index (χ3v) is 3.89. The van der Waals surface area contributed by atoms with Gasteiger partial charge in [0.2, 0.25) is 5.43 Å². The first-order valence-electron chi connectivity index (χ1n) is 7.82. The van der Waals surface area contributed by atoms with Crippen molar-refractivity contribution in [3.63, 3.8) is 0 Å². The fourth-order valence-electron chi connectivity index (χ4n) is 2.36. The van der Waals surface area contributed by atoms with Crippen molar-refractivity contribution >= 4 is 23.2 Å². The van der Waals surface area contributed by atoms with Crippen molar-refractivity contribution in [2.24, 2.45) is 7.05 Å². The molecule has 132 valence electrons. The van der Waals surface area contributed by atoms with Crippen LogP contribution in [0.25, 0.3) is 0 Å². The molecular weight excluding hydrogens is 354 g/mol. The van der Waals surface area contributed by atoms with Crippen LogP contribution in [0.1, 0.15) is 16.1 Å². The molecule has 0 unspecified atom stereocenters. The van der Waals surface area contributed by atoms with Crippen LogP contribution in [-0.2, 0) is 13.7 Å². The predicted octanol–water partition coefficient (Wildman–Crippen LogP) is 3.27. The SMILES string of the molecule is Cn1cc(OCc2cccc(Cl)c2)c(=O)cc1C(=O)Nc1ccncc1. The lowest BCUT2D eigenvalue weighted by atomic mass is 10.2. The Kier molecular flexibility index (Phi) is 5.34. The molecule has 0 aliphatic carbocycles. The smallest absolute Gasteiger partial charge is 0.272 e. The molecule has 0 spiro atoms. The van der Waals surface area contributed by atoms with Crippen LogP contribution in [0.5, 0.6) is 5.75 Å². The maximum atomic E-state index is 12.4. The maximum Gasteiger partial charge on any atom is 0.272 e. The lowest BCUT2D eigenvalue weighted by Gasteiger charge is -2.12. The van der Waals surface area contributed by atoms with E-state index >= 15 is 0 Å². The monoisotopic (exact) mass is 369 g/mol. The topological polar surface area (TPSA) is 73.2 Å². The second kappa shape index (κ2) is 7.84. The van der Waals surface area contributed by atoms with E-state index in [9.17, 15) is 9.59 Å². The van der Waals surface area contributed by atoms with Crippen LogP contribution in [0.2, 0.25) is 5.02 Å². The van der Waals surface area contributed by atoms with Gasteiger partial charge in [-0.15, -0.1) is 0 Å². The summed E-state index contributed by atoms with van der Waals surface area (Å²) >= 11 is 5.94. The van der Waals surface area contributed by atoms with Gasteiger partial charge in [-0.1, -0.05) is 23.7 Å². The number of aryl methyl sites for hydroxylation is 1. The molecule has 3 aromatic rings. The van der Waals surface area contributed by atoms with Gasteiger partial charge in [-0.25, -0.2) is 0 Å². The quantitative estimate of drug-likeness (QED) is 0.749. The van der Waals surface area contributed by atoms with Crippen LogP contribution >= 0.6 is 11.6 Å². The lowest BCUT2D eigenvalue weighted by molar-refractivity contribution is 0.101. The van der Waals surface area contributed by atoms with Gasteiger partial charge in [0, 0.05) is 36.2 Å². The summed E-state index contributed by atoms with van der Waals surface area (Å²) in [5.41, 5.74) is 1.30. The minimum atomic E-state index is -0.391. The summed E-state index contributed by atoms with van der Waals surface area (Å²) in [6.45, 7) is 0.207. The largest absolute Gasteiger partial charge is 0.483 e. The lowest BCUT2D eigenvalue weighted by Crippen LogP contribution is -2.21. The van der Waals surface area contributed by atoms with E-state index in [-0.39, 0.29) is 23.5 Å². The van der Waals surface area contributed by atoms with Crippen molar-refractivity contribution in [2.75, 3.05) is 5.32 Å². The molecule has 0 aliphatic rings. The van der Waals surface area contributed by atoms with Crippen molar-refractivity contribution in [2.45, 2.75) is 6.61 Å². The summed E-state index contributed by atoms with van der Waals surface area (Å²) < 4.78 is 7.13. The Morgan fingerprint density at radius 3 is 2.73 bits per heavy atom. The minimum absolute atomic E-state index is 0.160. The first kappa shape index (κ1) is 17.7. The molecule has 3 rings (SSSR count). The molecule has 1 aromatic carbocycles. The second-order valence-corrected chi connectivity index (χ2v) is 6.04. The van der Waals surface area contributed by atoms with Crippen LogP contribution in [0, 0.1) is 0 Å². The van der Waals surface area contributed by atoms with Gasteiger partial charge in [-0.05, 0) is 29.8 Å². The number of amides is 1. The first-order chi connectivity index (χ1) is 12.5. The van der Waals surface area contributed by atoms with Gasteiger partial charge >= 0.3 is 0 Å². The van der Waals surface area contributed by atoms with E-state index in [0.717, 1.165) is 5.56 Å². The molecule has 2 aromatic heterocycles. The van der Waals surface area contributed by atoms with Gasteiger partial charge in [0.15, 0.2) is 5.75 Å². The van der Waals surface area contributed by atoms with E-state index in [4.69, 9.17) is 16.3 Å². The van der Waals surface area contributed by atoms with E-state index in [1.165, 1.54) is 12.3 Å². The Hall–Kier alpha value is -3.12. The molecule has 0 bridgehead atoms. The van der Waals surface area contributed by atoms with Gasteiger partial charge in [-0.2, -0.15) is 0 Å². The zero-order chi connectivity index (χ0) is 18.5. The number of anilines is 1. The number of pyridine rings is 2. The molecule has 0 saturated heterocycles. The Morgan fingerprint density at radius 2 is 2.00 bits per heavy atom. The molecular formula is C19H16ClN3O3. The first-order valence-corrected chi connectivity index (χ1v) is 8.20. The number of nitrogens with one attached hydrogen (secondary N) is 1. The fourth-order valence-corrected chi connectivity index (χ4v) is 2.57. The number of carbonyl (C=O) groups excluding carboxylic acids is 1. The second-order valence-electron chi connectivity index (χ2n) is 5.61. The molecule has 0 saturated carbocycles. The number of halogens is 1. The van der Waals surface area contributed by atoms with Crippen molar-refractivity contribution in [1.82, 2.24) is 9.55 Å². The number of rotatable bonds is 5. The van der Waals surface area contributed by atoms with E-state index < -0.39 is 5.91 Å². The highest BCUT2D eigenvalue weighted by Crippen LogP contribution is 2.14. The van der Waals surface area contributed by atoms with Crippen LogP contribution in [0.15, 0.2) is 65.8 Å². The third-order valence-electron chi connectivity index (χ3n) is 3.66. The number of benzene rings is 1. The van der Waals surface area contributed by atoms with Gasteiger partial charge in [0.25, 0.3) is 5.91 Å². The maximum absolute atomic E-state index is 12.4. The Morgan fingerprint density at radius 1 is 1.23 bits per heavy atom. The Balaban J connectivity index is 1.75. The molecule has 2 heterocycles. The van der Waals surface area contributed by atoms with Crippen LogP contribution in [0.4, 0.5) is 5.69 Å². The summed E-state index contributed by atoms with van der Waals surface area (Å²) in [6.07, 6.45) is 4.64. The van der Waals surface area contributed by atoms with Gasteiger partial charge in [0.05, 0.1) is 6.20 Å². The highest BCUT2D eigenvalue weighted by Gasteiger charge is 2.13. The van der Waals surface area contributed by atoms with Crippen molar-refractivity contribution in [3.8, 4) is 5.75 Å². The van der Waals surface area contributed by atoms with Crippen LogP contribution < -0.4 is 15.5 Å². The van der Waals surface area contributed by atoms with Gasteiger partial charge in [0.1, 0.15) is 12.3 Å². The zero-order valence-corrected chi connectivity index (χ0v) is 14.7. The summed E-state index contributed by atoms with van der Waals surface area (Å²) in [5.74, 6) is -0.231. The average molecular weight is 370 g/mol. The summed E-state index contributed by atoms with van der Waals surface area (Å²) in [6, 6.07) is 11.8. The number of aromatic nitrogens is 2. The van der Waals surface area contributed by atoms with Gasteiger partial charge in [-0.3, -0.25) is 14.6 Å². The number of hydrogen-bond acceptors (Lipinski definition) is 4. The van der Waals surface area contributed by atoms with Gasteiger partial charge < -0.3 is 14.6 Å². The van der Waals surface area contributed by atoms with E-state index in [2.05, 4.69) is 10.3 Å². The fraction of sp³-hybridized carbons (Fsp3) is 0.105. The Bertz CT molecular complexity index is 987. The number of hydrogen-bond donors (Lipinski definition) is 1. The van der Waals surface area contributed by atoms with Crippen molar-refractivity contribution < 1.29 is 9.53 Å². The summed E-state index contributed by atoms with van der Waals surface area (Å²) in [5, 5.41) is 3.31. The molecule has 1 amide bonds. The Labute approximate surface area is 155 Å². The van der Waals surface area contributed by atoms with E-state index in [1.807, 2.05) is 12.1 Å². The summed E-state index contributed by atoms with van der Waals surface area (Å²) in [7, 11) is 1.67. The highest BCUT2D eigenvalue weighted by atomic mass is 35.5. The van der Waals surface area contributed by atoms with E-state index in [0.29, 0.717) is 10.7 Å². The average Bonchev–Trinajstić information content (AvgIpc) is 2.63. The number of carbonyl (C=O) groups is 1. The summed E-state index contributed by atoms with van der Waals surface area (Å²) in [4.78, 5) is 28.5. The molecule has 0 atom stereocenters. The predicted molar refractivity (Wildman–Crippen MR) is 99.7 cm³/mol. The number of nitrogens with zero attached hydrogens (tertiary/aromatic N) is 2. The molecule has 6 nitrogen and oxygen atoms in total. The van der Waals surface area contributed by atoms with Crippen molar-refractivity contribution in [3.05, 3.63) is 87.6 Å². The third kappa shape index (κ3) is 4.29. The van der Waals surface area contributed by atoms with Crippen LogP contribution in [0.3, 0.4) is 0 Å². The molecule has 0 fully saturated rings. The number of ether oxygens (including phenoxy) is 1. The minimum Gasteiger partial charge on any atom is -0.483 e. The van der Waals surface area contributed by atoms with Crippen LogP contribution in [-0.4, -0.2) is 15.5 Å². The molecule has 0 aliphatic heterocycles. The van der Waals surface area contributed by atoms with E-state index in [1.54, 1.807) is 48.3 Å². The normalized spacial score (nSPS) is 10.4. The molecule has 1 N–H and O–H groups in total. The molecule has 0 radical (unpaired) electrons. The molecule has 26 heavy (non-hydrogen) atoms.